The molecule has 7 heteroatoms. The second kappa shape index (κ2) is 11.9. The summed E-state index contributed by atoms with van der Waals surface area (Å²) in [6.07, 6.45) is 9.34. The van der Waals surface area contributed by atoms with E-state index in [1.807, 2.05) is 6.07 Å². The van der Waals surface area contributed by atoms with Crippen LogP contribution in [0.5, 0.6) is 11.5 Å². The molecule has 2 aromatic rings. The second-order valence-corrected chi connectivity index (χ2v) is 9.23. The molecule has 0 bridgehead atoms. The van der Waals surface area contributed by atoms with Crippen LogP contribution in [-0.2, 0) is 4.79 Å². The molecule has 0 radical (unpaired) electrons. The molecule has 2 saturated heterocycles. The van der Waals surface area contributed by atoms with E-state index in [1.165, 1.54) is 51.3 Å². The van der Waals surface area contributed by atoms with Gasteiger partial charge in [-0.25, -0.2) is 0 Å². The van der Waals surface area contributed by atoms with Gasteiger partial charge in [0.1, 0.15) is 0 Å². The summed E-state index contributed by atoms with van der Waals surface area (Å²) < 4.78 is 10.5. The van der Waals surface area contributed by atoms with Crippen LogP contribution in [0.15, 0.2) is 48.5 Å². The topological polar surface area (TPSA) is 79.9 Å². The van der Waals surface area contributed by atoms with Crippen LogP contribution in [0.4, 0.5) is 5.69 Å². The van der Waals surface area contributed by atoms with Crippen LogP contribution in [0.1, 0.15) is 48.0 Å². The fourth-order valence-corrected chi connectivity index (χ4v) is 5.19. The first-order valence-corrected chi connectivity index (χ1v) is 12.4. The molecular weight excluding hydrogens is 442 g/mol. The van der Waals surface area contributed by atoms with Gasteiger partial charge in [-0.1, -0.05) is 18.6 Å². The standard InChI is InChI=1S/C28H35N3O4/c1-34-25-13-11-20(17-26(25)35-2)12-14-27(32)30-23-9-5-7-21(18-23)28(33)29-19-22-8-6-16-31-15-4-3-10-24(22)31/h5,7,9,11-14,17-18,22,24H,3-4,6,8,10,15-16,19H2,1-2H3,(H,29,33)(H,30,32)/b14-12+/t22-,24+/m0/s1. The number of hydrogen-bond donors (Lipinski definition) is 2. The lowest BCUT2D eigenvalue weighted by Gasteiger charge is -2.44. The number of hydrogen-bond acceptors (Lipinski definition) is 5. The third kappa shape index (κ3) is 6.42. The highest BCUT2D eigenvalue weighted by molar-refractivity contribution is 6.03. The molecule has 35 heavy (non-hydrogen) atoms. The summed E-state index contributed by atoms with van der Waals surface area (Å²) in [7, 11) is 3.15. The first-order valence-electron chi connectivity index (χ1n) is 12.4. The van der Waals surface area contributed by atoms with Crippen LogP contribution in [0.2, 0.25) is 0 Å². The number of piperidine rings is 2. The Morgan fingerprint density at radius 1 is 1.00 bits per heavy atom. The van der Waals surface area contributed by atoms with Gasteiger partial charge in [0.25, 0.3) is 5.91 Å². The van der Waals surface area contributed by atoms with Crippen LogP contribution in [0, 0.1) is 5.92 Å². The number of anilines is 1. The molecule has 0 unspecified atom stereocenters. The zero-order chi connectivity index (χ0) is 24.6. The maximum atomic E-state index is 12.8. The SMILES string of the molecule is COc1ccc(/C=C/C(=O)Nc2cccc(C(=O)NC[C@@H]3CCCN4CCCC[C@H]34)c2)cc1OC. The summed E-state index contributed by atoms with van der Waals surface area (Å²) in [5.41, 5.74) is 1.93. The van der Waals surface area contributed by atoms with Crippen molar-refractivity contribution < 1.29 is 19.1 Å². The number of carbonyl (C=O) groups excluding carboxylic acids is 2. The van der Waals surface area contributed by atoms with Crippen molar-refractivity contribution in [3.05, 3.63) is 59.7 Å². The van der Waals surface area contributed by atoms with E-state index in [1.54, 1.807) is 56.7 Å². The van der Waals surface area contributed by atoms with Crippen molar-refractivity contribution in [2.24, 2.45) is 5.92 Å². The number of benzene rings is 2. The Morgan fingerprint density at radius 3 is 2.66 bits per heavy atom. The smallest absolute Gasteiger partial charge is 0.251 e. The predicted molar refractivity (Wildman–Crippen MR) is 138 cm³/mol. The molecule has 7 nitrogen and oxygen atoms in total. The lowest BCUT2D eigenvalue weighted by Crippen LogP contribution is -2.51. The minimum absolute atomic E-state index is 0.102. The van der Waals surface area contributed by atoms with E-state index in [2.05, 4.69) is 15.5 Å². The number of nitrogens with one attached hydrogen (secondary N) is 2. The molecule has 2 aliphatic heterocycles. The van der Waals surface area contributed by atoms with Gasteiger partial charge >= 0.3 is 0 Å². The fraction of sp³-hybridized carbons (Fsp3) is 0.429. The summed E-state index contributed by atoms with van der Waals surface area (Å²) in [6.45, 7) is 3.08. The van der Waals surface area contributed by atoms with Crippen molar-refractivity contribution in [2.75, 3.05) is 39.2 Å². The normalized spacial score (nSPS) is 20.2. The number of methoxy groups -OCH3 is 2. The molecular formula is C28H35N3O4. The van der Waals surface area contributed by atoms with Crippen molar-refractivity contribution in [2.45, 2.75) is 38.1 Å². The summed E-state index contributed by atoms with van der Waals surface area (Å²) in [4.78, 5) is 27.9. The molecule has 0 aromatic heterocycles. The van der Waals surface area contributed by atoms with E-state index >= 15 is 0 Å². The zero-order valence-electron chi connectivity index (χ0n) is 20.6. The quantitative estimate of drug-likeness (QED) is 0.553. The monoisotopic (exact) mass is 477 g/mol. The van der Waals surface area contributed by atoms with Gasteiger partial charge in [0.15, 0.2) is 11.5 Å². The number of amides is 2. The molecule has 0 aliphatic carbocycles. The van der Waals surface area contributed by atoms with Gasteiger partial charge in [0.05, 0.1) is 14.2 Å². The summed E-state index contributed by atoms with van der Waals surface area (Å²) in [5.74, 6) is 1.35. The minimum atomic E-state index is -0.281. The largest absolute Gasteiger partial charge is 0.493 e. The van der Waals surface area contributed by atoms with E-state index in [0.29, 0.717) is 41.3 Å². The lowest BCUT2D eigenvalue weighted by molar-refractivity contribution is -0.111. The second-order valence-electron chi connectivity index (χ2n) is 9.23. The van der Waals surface area contributed by atoms with E-state index < -0.39 is 0 Å². The van der Waals surface area contributed by atoms with Gasteiger partial charge in [0.2, 0.25) is 5.91 Å². The molecule has 0 spiro atoms. The highest BCUT2D eigenvalue weighted by Gasteiger charge is 2.32. The van der Waals surface area contributed by atoms with Gasteiger partial charge in [-0.15, -0.1) is 0 Å². The first-order chi connectivity index (χ1) is 17.1. The third-order valence-electron chi connectivity index (χ3n) is 6.98. The fourth-order valence-electron chi connectivity index (χ4n) is 5.19. The van der Waals surface area contributed by atoms with Gasteiger partial charge in [-0.05, 0) is 86.7 Å². The molecule has 0 saturated carbocycles. The van der Waals surface area contributed by atoms with Crippen molar-refractivity contribution in [3.8, 4) is 11.5 Å². The van der Waals surface area contributed by atoms with E-state index in [4.69, 9.17) is 9.47 Å². The van der Waals surface area contributed by atoms with Crippen LogP contribution in [-0.4, -0.2) is 56.6 Å². The maximum absolute atomic E-state index is 12.8. The molecule has 2 N–H and O–H groups in total. The van der Waals surface area contributed by atoms with Crippen molar-refractivity contribution in [3.63, 3.8) is 0 Å². The Kier molecular flexibility index (Phi) is 8.42. The van der Waals surface area contributed by atoms with E-state index in [0.717, 1.165) is 5.56 Å². The number of ether oxygens (including phenoxy) is 2. The minimum Gasteiger partial charge on any atom is -0.493 e. The van der Waals surface area contributed by atoms with Crippen LogP contribution in [0.3, 0.4) is 0 Å². The summed E-state index contributed by atoms with van der Waals surface area (Å²) >= 11 is 0. The first kappa shape index (κ1) is 24.8. The van der Waals surface area contributed by atoms with E-state index in [9.17, 15) is 9.59 Å². The molecule has 2 heterocycles. The average molecular weight is 478 g/mol. The lowest BCUT2D eigenvalue weighted by atomic mass is 9.83. The number of nitrogens with zero attached hydrogens (tertiary/aromatic N) is 1. The molecule has 2 atom stereocenters. The number of fused-ring (bicyclic) bond motifs is 1. The predicted octanol–water partition coefficient (Wildman–Crippen LogP) is 4.35. The average Bonchev–Trinajstić information content (AvgIpc) is 2.90. The van der Waals surface area contributed by atoms with Gasteiger partial charge < -0.3 is 25.0 Å². The Morgan fingerprint density at radius 2 is 1.83 bits per heavy atom. The maximum Gasteiger partial charge on any atom is 0.251 e. The molecule has 2 amide bonds. The Labute approximate surface area is 207 Å². The highest BCUT2D eigenvalue weighted by Crippen LogP contribution is 2.30. The summed E-state index contributed by atoms with van der Waals surface area (Å²) in [5, 5.41) is 5.97. The Balaban J connectivity index is 1.32. The van der Waals surface area contributed by atoms with Crippen molar-refractivity contribution in [1.82, 2.24) is 10.2 Å². The van der Waals surface area contributed by atoms with Crippen molar-refractivity contribution >= 4 is 23.6 Å². The van der Waals surface area contributed by atoms with E-state index in [-0.39, 0.29) is 11.8 Å². The van der Waals surface area contributed by atoms with Gasteiger partial charge in [-0.2, -0.15) is 0 Å². The Bertz CT molecular complexity index is 1070. The zero-order valence-corrected chi connectivity index (χ0v) is 20.6. The Hall–Kier alpha value is -3.32. The van der Waals surface area contributed by atoms with Crippen LogP contribution in [0.25, 0.3) is 6.08 Å². The number of carbonyl (C=O) groups is 2. The molecule has 2 fully saturated rings. The summed E-state index contributed by atoms with van der Waals surface area (Å²) in [6, 6.07) is 13.1. The van der Waals surface area contributed by atoms with Crippen molar-refractivity contribution in [1.29, 1.82) is 0 Å². The molecule has 2 aromatic carbocycles. The molecule has 4 rings (SSSR count). The van der Waals surface area contributed by atoms with Gasteiger partial charge in [-0.3, -0.25) is 9.59 Å². The van der Waals surface area contributed by atoms with Crippen LogP contribution < -0.4 is 20.1 Å². The third-order valence-corrected chi connectivity index (χ3v) is 6.98. The van der Waals surface area contributed by atoms with Gasteiger partial charge in [0, 0.05) is 29.9 Å². The highest BCUT2D eigenvalue weighted by atomic mass is 16.5. The number of rotatable bonds is 8. The molecule has 186 valence electrons. The van der Waals surface area contributed by atoms with Crippen LogP contribution >= 0.6 is 0 Å². The molecule has 2 aliphatic rings.